The minimum Gasteiger partial charge on any atom is -0.496 e. The fourth-order valence-electron chi connectivity index (χ4n) is 3.10. The second kappa shape index (κ2) is 9.48. The molecule has 0 aliphatic carbocycles. The summed E-state index contributed by atoms with van der Waals surface area (Å²) in [4.78, 5) is 14.5. The van der Waals surface area contributed by atoms with Crippen LogP contribution in [0.1, 0.15) is 19.3 Å². The third kappa shape index (κ3) is 5.51. The number of methoxy groups -OCH3 is 1. The second-order valence-electron chi connectivity index (χ2n) is 6.47. The van der Waals surface area contributed by atoms with Gasteiger partial charge in [-0.1, -0.05) is 0 Å². The van der Waals surface area contributed by atoms with Crippen LogP contribution in [0, 0.1) is 5.82 Å². The minimum atomic E-state index is -0.370. The van der Waals surface area contributed by atoms with E-state index in [2.05, 4.69) is 20.4 Å². The molecule has 1 saturated heterocycles. The summed E-state index contributed by atoms with van der Waals surface area (Å²) in [6, 6.07) is 5.92. The number of carbonyl (C=O) groups is 1. The van der Waals surface area contributed by atoms with Crippen LogP contribution in [-0.2, 0) is 9.53 Å². The maximum atomic E-state index is 13.5. The molecule has 0 spiro atoms. The van der Waals surface area contributed by atoms with Crippen LogP contribution in [0.25, 0.3) is 11.3 Å². The van der Waals surface area contributed by atoms with Crippen LogP contribution in [0.3, 0.4) is 0 Å². The van der Waals surface area contributed by atoms with Crippen LogP contribution in [0.15, 0.2) is 24.3 Å². The van der Waals surface area contributed by atoms with Crippen molar-refractivity contribution in [2.45, 2.75) is 19.3 Å². The molecular weight excluding hydrogens is 351 g/mol. The number of carbonyl (C=O) groups excluding carboxylic acids is 1. The van der Waals surface area contributed by atoms with Crippen molar-refractivity contribution in [3.05, 3.63) is 30.1 Å². The van der Waals surface area contributed by atoms with E-state index in [1.54, 1.807) is 12.1 Å². The number of H-pyrrole nitrogens is 1. The molecule has 0 saturated carbocycles. The van der Waals surface area contributed by atoms with Gasteiger partial charge in [0.05, 0.1) is 19.4 Å². The van der Waals surface area contributed by atoms with E-state index in [1.807, 2.05) is 0 Å². The van der Waals surface area contributed by atoms with E-state index in [0.717, 1.165) is 45.7 Å². The second-order valence-corrected chi connectivity index (χ2v) is 6.47. The summed E-state index contributed by atoms with van der Waals surface area (Å²) in [5.41, 5.74) is 1.13. The van der Waals surface area contributed by atoms with Crippen molar-refractivity contribution in [3.8, 4) is 17.0 Å². The molecule has 3 rings (SSSR count). The molecule has 0 bridgehead atoms. The predicted molar refractivity (Wildman–Crippen MR) is 100 cm³/mol. The first-order chi connectivity index (χ1) is 13.2. The molecule has 27 heavy (non-hydrogen) atoms. The van der Waals surface area contributed by atoms with Crippen LogP contribution in [0.5, 0.6) is 5.75 Å². The first-order valence-corrected chi connectivity index (χ1v) is 9.15. The summed E-state index contributed by atoms with van der Waals surface area (Å²) < 4.78 is 24.2. The Kier molecular flexibility index (Phi) is 6.78. The van der Waals surface area contributed by atoms with Crippen molar-refractivity contribution in [1.29, 1.82) is 0 Å². The Bertz CT molecular complexity index is 757. The lowest BCUT2D eigenvalue weighted by Crippen LogP contribution is -2.28. The Labute approximate surface area is 157 Å². The number of ether oxygens (including phenoxy) is 2. The third-order valence-corrected chi connectivity index (χ3v) is 4.49. The van der Waals surface area contributed by atoms with Crippen molar-refractivity contribution < 1.29 is 18.7 Å². The number of amides is 1. The molecule has 1 amide bonds. The van der Waals surface area contributed by atoms with Crippen molar-refractivity contribution in [1.82, 2.24) is 15.1 Å². The first-order valence-electron chi connectivity index (χ1n) is 9.15. The van der Waals surface area contributed by atoms with Gasteiger partial charge in [0.2, 0.25) is 5.91 Å². The number of benzene rings is 1. The largest absolute Gasteiger partial charge is 0.496 e. The Balaban J connectivity index is 1.51. The predicted octanol–water partition coefficient (Wildman–Crippen LogP) is 2.67. The third-order valence-electron chi connectivity index (χ3n) is 4.49. The van der Waals surface area contributed by atoms with Gasteiger partial charge in [-0.25, -0.2) is 4.39 Å². The maximum absolute atomic E-state index is 13.5. The Morgan fingerprint density at radius 3 is 3.11 bits per heavy atom. The highest BCUT2D eigenvalue weighted by atomic mass is 19.1. The van der Waals surface area contributed by atoms with Gasteiger partial charge in [0.25, 0.3) is 0 Å². The average molecular weight is 376 g/mol. The maximum Gasteiger partial charge on any atom is 0.225 e. The molecule has 1 aliphatic heterocycles. The van der Waals surface area contributed by atoms with Crippen LogP contribution in [-0.4, -0.2) is 61.0 Å². The number of nitrogens with zero attached hydrogens (tertiary/aromatic N) is 2. The molecule has 2 aromatic rings. The highest BCUT2D eigenvalue weighted by Gasteiger charge is 2.13. The van der Waals surface area contributed by atoms with Crippen LogP contribution < -0.4 is 10.1 Å². The number of hydrogen-bond acceptors (Lipinski definition) is 5. The number of nitrogens with one attached hydrogen (secondary N) is 2. The zero-order valence-electron chi connectivity index (χ0n) is 15.5. The zero-order valence-corrected chi connectivity index (χ0v) is 15.5. The van der Waals surface area contributed by atoms with E-state index >= 15 is 0 Å². The van der Waals surface area contributed by atoms with Crippen molar-refractivity contribution in [2.24, 2.45) is 0 Å². The van der Waals surface area contributed by atoms with Gasteiger partial charge >= 0.3 is 0 Å². The fourth-order valence-corrected chi connectivity index (χ4v) is 3.10. The van der Waals surface area contributed by atoms with E-state index in [-0.39, 0.29) is 11.7 Å². The summed E-state index contributed by atoms with van der Waals surface area (Å²) in [6.45, 7) is 4.38. The standard InChI is InChI=1S/C19H25FN4O3/c1-26-17-6-5-14(20)12-15(17)16-13-18(23-22-16)21-19(25)4-2-7-24-8-3-10-27-11-9-24/h5-6,12-13H,2-4,7-11H2,1H3,(H2,21,22,23,25). The van der Waals surface area contributed by atoms with E-state index in [4.69, 9.17) is 9.47 Å². The van der Waals surface area contributed by atoms with Crippen molar-refractivity contribution in [2.75, 3.05) is 45.3 Å². The van der Waals surface area contributed by atoms with Gasteiger partial charge in [-0.2, -0.15) is 5.10 Å². The number of aromatic amines is 1. The zero-order chi connectivity index (χ0) is 19.1. The molecule has 146 valence electrons. The molecule has 0 radical (unpaired) electrons. The molecule has 8 heteroatoms. The van der Waals surface area contributed by atoms with Crippen molar-refractivity contribution in [3.63, 3.8) is 0 Å². The van der Waals surface area contributed by atoms with Gasteiger partial charge in [0.15, 0.2) is 5.82 Å². The molecule has 0 atom stereocenters. The summed E-state index contributed by atoms with van der Waals surface area (Å²) in [6.07, 6.45) is 2.23. The lowest BCUT2D eigenvalue weighted by Gasteiger charge is -2.18. The number of hydrogen-bond donors (Lipinski definition) is 2. The molecular formula is C19H25FN4O3. The molecule has 2 heterocycles. The number of rotatable bonds is 7. The summed E-state index contributed by atoms with van der Waals surface area (Å²) in [5.74, 6) is 0.471. The highest BCUT2D eigenvalue weighted by molar-refractivity contribution is 5.90. The van der Waals surface area contributed by atoms with E-state index in [9.17, 15) is 9.18 Å². The van der Waals surface area contributed by atoms with Gasteiger partial charge in [-0.05, 0) is 37.6 Å². The van der Waals surface area contributed by atoms with Gasteiger partial charge < -0.3 is 19.7 Å². The van der Waals surface area contributed by atoms with Crippen LogP contribution in [0.4, 0.5) is 10.2 Å². The Morgan fingerprint density at radius 1 is 1.37 bits per heavy atom. The topological polar surface area (TPSA) is 79.5 Å². The normalized spacial score (nSPS) is 15.3. The number of aromatic nitrogens is 2. The summed E-state index contributed by atoms with van der Waals surface area (Å²) in [7, 11) is 1.52. The molecule has 1 aromatic carbocycles. The smallest absolute Gasteiger partial charge is 0.225 e. The number of halogens is 1. The van der Waals surface area contributed by atoms with Gasteiger partial charge in [-0.3, -0.25) is 9.89 Å². The summed E-state index contributed by atoms with van der Waals surface area (Å²) >= 11 is 0. The van der Waals surface area contributed by atoms with Crippen LogP contribution >= 0.6 is 0 Å². The SMILES string of the molecule is COc1ccc(F)cc1-c1cc(NC(=O)CCCN2CCCOCC2)n[nH]1. The minimum absolute atomic E-state index is 0.0923. The average Bonchev–Trinajstić information content (AvgIpc) is 2.96. The monoisotopic (exact) mass is 376 g/mol. The molecule has 1 fully saturated rings. The van der Waals surface area contributed by atoms with Gasteiger partial charge in [-0.15, -0.1) is 0 Å². The molecule has 1 aliphatic rings. The Hall–Kier alpha value is -2.45. The van der Waals surface area contributed by atoms with Gasteiger partial charge in [0.1, 0.15) is 11.6 Å². The lowest BCUT2D eigenvalue weighted by molar-refractivity contribution is -0.116. The van der Waals surface area contributed by atoms with E-state index < -0.39 is 0 Å². The van der Waals surface area contributed by atoms with Gasteiger partial charge in [0, 0.05) is 37.7 Å². The van der Waals surface area contributed by atoms with E-state index in [0.29, 0.717) is 29.2 Å². The quantitative estimate of drug-likeness (QED) is 0.777. The lowest BCUT2D eigenvalue weighted by atomic mass is 10.1. The molecule has 2 N–H and O–H groups in total. The highest BCUT2D eigenvalue weighted by Crippen LogP contribution is 2.30. The summed E-state index contributed by atoms with van der Waals surface area (Å²) in [5, 5.41) is 9.67. The number of anilines is 1. The molecule has 7 nitrogen and oxygen atoms in total. The van der Waals surface area contributed by atoms with E-state index in [1.165, 1.54) is 19.2 Å². The van der Waals surface area contributed by atoms with Crippen LogP contribution in [0.2, 0.25) is 0 Å². The Morgan fingerprint density at radius 2 is 2.26 bits per heavy atom. The van der Waals surface area contributed by atoms with Crippen molar-refractivity contribution >= 4 is 11.7 Å². The molecule has 1 aromatic heterocycles. The first kappa shape index (κ1) is 19.3. The fraction of sp³-hybridized carbons (Fsp3) is 0.474. The molecule has 0 unspecified atom stereocenters.